The molecular weight excluding hydrogens is 256 g/mol. The highest BCUT2D eigenvalue weighted by Crippen LogP contribution is 2.19. The second kappa shape index (κ2) is 5.00. The quantitative estimate of drug-likeness (QED) is 0.888. The zero-order valence-corrected chi connectivity index (χ0v) is 11.0. The molecule has 0 radical (unpaired) electrons. The van der Waals surface area contributed by atoms with E-state index in [0.717, 1.165) is 22.9 Å². The van der Waals surface area contributed by atoms with Gasteiger partial charge >= 0.3 is 5.97 Å². The Bertz CT molecular complexity index is 662. The molecule has 5 nitrogen and oxygen atoms in total. The topological polar surface area (TPSA) is 73.4 Å². The Morgan fingerprint density at radius 2 is 2.25 bits per heavy atom. The van der Waals surface area contributed by atoms with E-state index in [9.17, 15) is 9.59 Å². The van der Waals surface area contributed by atoms with E-state index in [1.54, 1.807) is 4.90 Å². The van der Waals surface area contributed by atoms with Gasteiger partial charge in [0.2, 0.25) is 5.91 Å². The van der Waals surface area contributed by atoms with Crippen molar-refractivity contribution < 1.29 is 14.7 Å². The van der Waals surface area contributed by atoms with Crippen molar-refractivity contribution in [2.24, 2.45) is 5.92 Å². The third-order valence-electron chi connectivity index (χ3n) is 3.85. The number of likely N-dealkylation sites (tertiary alicyclic amines) is 1. The Hall–Kier alpha value is -2.30. The van der Waals surface area contributed by atoms with Gasteiger partial charge in [0.15, 0.2) is 0 Å². The lowest BCUT2D eigenvalue weighted by Crippen LogP contribution is -2.28. The van der Waals surface area contributed by atoms with Gasteiger partial charge in [0.1, 0.15) is 0 Å². The van der Waals surface area contributed by atoms with Gasteiger partial charge in [-0.25, -0.2) is 0 Å². The average Bonchev–Trinajstić information content (AvgIpc) is 3.02. The lowest BCUT2D eigenvalue weighted by atomic mass is 10.1. The normalized spacial score (nSPS) is 18.9. The first-order valence-corrected chi connectivity index (χ1v) is 6.70. The Morgan fingerprint density at radius 3 is 3.00 bits per heavy atom. The van der Waals surface area contributed by atoms with E-state index in [2.05, 4.69) is 11.1 Å². The van der Waals surface area contributed by atoms with Gasteiger partial charge in [-0.15, -0.1) is 0 Å². The molecule has 20 heavy (non-hydrogen) atoms. The summed E-state index contributed by atoms with van der Waals surface area (Å²) in [7, 11) is 0. The van der Waals surface area contributed by atoms with Crippen molar-refractivity contribution in [3.8, 4) is 0 Å². The number of carbonyl (C=O) groups excluding carboxylic acids is 1. The molecule has 5 heteroatoms. The molecule has 1 fully saturated rings. The Kier molecular flexibility index (Phi) is 3.18. The third kappa shape index (κ3) is 2.39. The Labute approximate surface area is 116 Å². The molecule has 0 spiro atoms. The summed E-state index contributed by atoms with van der Waals surface area (Å²) < 4.78 is 0. The number of hydrogen-bond acceptors (Lipinski definition) is 2. The fourth-order valence-electron chi connectivity index (χ4n) is 2.67. The monoisotopic (exact) mass is 272 g/mol. The highest BCUT2D eigenvalue weighted by Gasteiger charge is 2.33. The molecular formula is C15H16N2O3. The van der Waals surface area contributed by atoms with E-state index in [1.165, 1.54) is 0 Å². The van der Waals surface area contributed by atoms with E-state index in [4.69, 9.17) is 5.11 Å². The number of hydrogen-bond donors (Lipinski definition) is 2. The minimum Gasteiger partial charge on any atom is -0.481 e. The highest BCUT2D eigenvalue weighted by atomic mass is 16.4. The smallest absolute Gasteiger partial charge is 0.308 e. The number of aromatic amines is 1. The number of rotatable bonds is 4. The molecule has 0 saturated carbocycles. The summed E-state index contributed by atoms with van der Waals surface area (Å²) >= 11 is 0. The number of carboxylic acid groups (broad SMARTS) is 1. The first-order chi connectivity index (χ1) is 9.63. The molecule has 1 unspecified atom stereocenters. The van der Waals surface area contributed by atoms with Crippen LogP contribution in [0.3, 0.4) is 0 Å². The first-order valence-electron chi connectivity index (χ1n) is 6.70. The summed E-state index contributed by atoms with van der Waals surface area (Å²) in [4.78, 5) is 27.4. The molecule has 0 bridgehead atoms. The van der Waals surface area contributed by atoms with E-state index in [1.807, 2.05) is 24.4 Å². The van der Waals surface area contributed by atoms with Crippen LogP contribution in [0.5, 0.6) is 0 Å². The maximum absolute atomic E-state index is 11.7. The molecule has 1 saturated heterocycles. The van der Waals surface area contributed by atoms with Crippen molar-refractivity contribution >= 4 is 22.8 Å². The van der Waals surface area contributed by atoms with Crippen LogP contribution in [-0.4, -0.2) is 40.0 Å². The molecule has 1 aliphatic rings. The van der Waals surface area contributed by atoms with Crippen molar-refractivity contribution in [2.75, 3.05) is 13.1 Å². The Morgan fingerprint density at radius 1 is 1.40 bits per heavy atom. The molecule has 1 aromatic heterocycles. The number of nitrogens with one attached hydrogen (secondary N) is 1. The molecule has 1 amide bonds. The molecule has 1 aliphatic heterocycles. The van der Waals surface area contributed by atoms with E-state index in [-0.39, 0.29) is 12.3 Å². The van der Waals surface area contributed by atoms with Crippen LogP contribution in [0.15, 0.2) is 30.5 Å². The van der Waals surface area contributed by atoms with Crippen molar-refractivity contribution in [1.82, 2.24) is 9.88 Å². The number of aromatic nitrogens is 1. The van der Waals surface area contributed by atoms with Gasteiger partial charge in [-0.1, -0.05) is 12.1 Å². The molecule has 2 aromatic rings. The van der Waals surface area contributed by atoms with Gasteiger partial charge in [-0.05, 0) is 29.5 Å². The summed E-state index contributed by atoms with van der Waals surface area (Å²) in [6.45, 7) is 0.910. The van der Waals surface area contributed by atoms with Gasteiger partial charge in [-0.3, -0.25) is 9.59 Å². The lowest BCUT2D eigenvalue weighted by Gasteiger charge is -2.15. The Balaban J connectivity index is 1.64. The van der Waals surface area contributed by atoms with E-state index < -0.39 is 11.9 Å². The van der Waals surface area contributed by atoms with Crippen molar-refractivity contribution in [3.63, 3.8) is 0 Å². The highest BCUT2D eigenvalue weighted by molar-refractivity contribution is 5.86. The summed E-state index contributed by atoms with van der Waals surface area (Å²) in [5.74, 6) is -1.49. The molecule has 2 heterocycles. The van der Waals surface area contributed by atoms with Crippen LogP contribution in [0.25, 0.3) is 10.9 Å². The minimum atomic E-state index is -0.881. The number of carboxylic acids is 1. The van der Waals surface area contributed by atoms with Crippen molar-refractivity contribution in [2.45, 2.75) is 12.8 Å². The molecule has 104 valence electrons. The number of fused-ring (bicyclic) bond motifs is 1. The van der Waals surface area contributed by atoms with Crippen LogP contribution in [0.2, 0.25) is 0 Å². The lowest BCUT2D eigenvalue weighted by molar-refractivity contribution is -0.141. The maximum Gasteiger partial charge on any atom is 0.308 e. The first kappa shape index (κ1) is 12.7. The fourth-order valence-corrected chi connectivity index (χ4v) is 2.67. The predicted molar refractivity (Wildman–Crippen MR) is 74.3 cm³/mol. The number of benzene rings is 1. The third-order valence-corrected chi connectivity index (χ3v) is 3.85. The number of nitrogens with zero attached hydrogens (tertiary/aromatic N) is 1. The second-order valence-electron chi connectivity index (χ2n) is 5.23. The van der Waals surface area contributed by atoms with E-state index in [0.29, 0.717) is 13.1 Å². The van der Waals surface area contributed by atoms with Gasteiger partial charge < -0.3 is 15.0 Å². The molecule has 3 rings (SSSR count). The van der Waals surface area contributed by atoms with Gasteiger partial charge in [0.05, 0.1) is 5.92 Å². The van der Waals surface area contributed by atoms with Crippen molar-refractivity contribution in [1.29, 1.82) is 0 Å². The van der Waals surface area contributed by atoms with Crippen LogP contribution in [0, 0.1) is 5.92 Å². The summed E-state index contributed by atoms with van der Waals surface area (Å²) in [6, 6.07) is 8.18. The molecule has 1 atom stereocenters. The molecule has 1 aromatic carbocycles. The average molecular weight is 272 g/mol. The summed E-state index contributed by atoms with van der Waals surface area (Å²) in [6.07, 6.45) is 2.77. The summed E-state index contributed by atoms with van der Waals surface area (Å²) in [5.41, 5.74) is 2.23. The largest absolute Gasteiger partial charge is 0.481 e. The summed E-state index contributed by atoms with van der Waals surface area (Å²) in [5, 5.41) is 10.1. The number of aliphatic carboxylic acids is 1. The van der Waals surface area contributed by atoms with E-state index >= 15 is 0 Å². The zero-order chi connectivity index (χ0) is 14.1. The van der Waals surface area contributed by atoms with Gasteiger partial charge in [-0.2, -0.15) is 0 Å². The maximum atomic E-state index is 11.7. The molecule has 2 N–H and O–H groups in total. The number of amides is 1. The predicted octanol–water partition coefficient (Wildman–Crippen LogP) is 1.64. The number of carbonyl (C=O) groups is 2. The molecule has 0 aliphatic carbocycles. The van der Waals surface area contributed by atoms with Crippen LogP contribution in [0.1, 0.15) is 12.0 Å². The second-order valence-corrected chi connectivity index (χ2v) is 5.23. The van der Waals surface area contributed by atoms with Gasteiger partial charge in [0.25, 0.3) is 0 Å². The fraction of sp³-hybridized carbons (Fsp3) is 0.333. The van der Waals surface area contributed by atoms with Crippen LogP contribution in [-0.2, 0) is 16.0 Å². The van der Waals surface area contributed by atoms with Gasteiger partial charge in [0, 0.05) is 31.2 Å². The van der Waals surface area contributed by atoms with Crippen LogP contribution >= 0.6 is 0 Å². The SMILES string of the molecule is O=C(O)C1CC(=O)N(CCc2ccc3cc[nH]c3c2)C1. The number of H-pyrrole nitrogens is 1. The van der Waals surface area contributed by atoms with Crippen LogP contribution in [0.4, 0.5) is 0 Å². The minimum absolute atomic E-state index is 0.0571. The zero-order valence-electron chi connectivity index (χ0n) is 11.0. The van der Waals surface area contributed by atoms with Crippen molar-refractivity contribution in [3.05, 3.63) is 36.0 Å². The standard InChI is InChI=1S/C15H16N2O3/c18-14-8-12(15(19)20)9-17(14)6-4-10-1-2-11-3-5-16-13(11)7-10/h1-3,5,7,12,16H,4,6,8-9H2,(H,19,20). The van der Waals surface area contributed by atoms with Crippen LogP contribution < -0.4 is 0 Å².